The van der Waals surface area contributed by atoms with Crippen molar-refractivity contribution in [3.63, 3.8) is 0 Å². The topological polar surface area (TPSA) is 49.9 Å². The first-order chi connectivity index (χ1) is 13.1. The van der Waals surface area contributed by atoms with Gasteiger partial charge in [-0.3, -0.25) is 9.59 Å². The van der Waals surface area contributed by atoms with Gasteiger partial charge in [-0.15, -0.1) is 0 Å². The average Bonchev–Trinajstić information content (AvgIpc) is 3.08. The molecule has 1 unspecified atom stereocenters. The van der Waals surface area contributed by atoms with Crippen molar-refractivity contribution in [2.75, 3.05) is 25.1 Å². The van der Waals surface area contributed by atoms with Crippen molar-refractivity contribution >= 4 is 29.1 Å². The standard InChI is InChI=1S/C21H21ClN2O3/c1-27-19-7-6-17(11-18(19)22)24-13-16(10-20(24)25)21(26)23-9-8-14-4-2-3-5-15(14)12-23/h2-7,11,16H,8-10,12-13H2,1H3. The van der Waals surface area contributed by atoms with Crippen LogP contribution in [0.25, 0.3) is 0 Å². The summed E-state index contributed by atoms with van der Waals surface area (Å²) in [6, 6.07) is 13.5. The second-order valence-electron chi connectivity index (χ2n) is 7.00. The molecule has 1 fully saturated rings. The van der Waals surface area contributed by atoms with Crippen molar-refractivity contribution in [1.29, 1.82) is 0 Å². The highest BCUT2D eigenvalue weighted by molar-refractivity contribution is 6.32. The lowest BCUT2D eigenvalue weighted by molar-refractivity contribution is -0.136. The summed E-state index contributed by atoms with van der Waals surface area (Å²) in [5.41, 5.74) is 3.20. The number of hydrogen-bond acceptors (Lipinski definition) is 3. The van der Waals surface area contributed by atoms with Gasteiger partial charge in [0.2, 0.25) is 11.8 Å². The lowest BCUT2D eigenvalue weighted by Crippen LogP contribution is -2.40. The van der Waals surface area contributed by atoms with E-state index in [1.165, 1.54) is 11.1 Å². The van der Waals surface area contributed by atoms with Crippen LogP contribution in [0.4, 0.5) is 5.69 Å². The zero-order valence-electron chi connectivity index (χ0n) is 15.2. The van der Waals surface area contributed by atoms with Crippen molar-refractivity contribution < 1.29 is 14.3 Å². The van der Waals surface area contributed by atoms with E-state index >= 15 is 0 Å². The van der Waals surface area contributed by atoms with Gasteiger partial charge in [0.05, 0.1) is 18.1 Å². The number of hydrogen-bond donors (Lipinski definition) is 0. The molecule has 2 amide bonds. The van der Waals surface area contributed by atoms with Crippen LogP contribution in [0.2, 0.25) is 5.02 Å². The second-order valence-corrected chi connectivity index (χ2v) is 7.41. The molecule has 2 aromatic rings. The minimum atomic E-state index is -0.316. The molecule has 1 saturated heterocycles. The molecule has 2 aromatic carbocycles. The summed E-state index contributed by atoms with van der Waals surface area (Å²) in [5, 5.41) is 0.449. The smallest absolute Gasteiger partial charge is 0.228 e. The number of nitrogens with zero attached hydrogens (tertiary/aromatic N) is 2. The maximum Gasteiger partial charge on any atom is 0.228 e. The Hall–Kier alpha value is -2.53. The third-order valence-corrected chi connectivity index (χ3v) is 5.66. The lowest BCUT2D eigenvalue weighted by Gasteiger charge is -2.30. The van der Waals surface area contributed by atoms with Crippen LogP contribution in [-0.4, -0.2) is 36.9 Å². The van der Waals surface area contributed by atoms with E-state index in [1.54, 1.807) is 30.2 Å². The molecule has 2 aliphatic heterocycles. The van der Waals surface area contributed by atoms with E-state index in [0.29, 0.717) is 36.1 Å². The fourth-order valence-electron chi connectivity index (χ4n) is 3.89. The minimum absolute atomic E-state index is 0.0491. The second kappa shape index (κ2) is 7.24. The maximum absolute atomic E-state index is 13.0. The average molecular weight is 385 g/mol. The van der Waals surface area contributed by atoms with E-state index in [1.807, 2.05) is 17.0 Å². The summed E-state index contributed by atoms with van der Waals surface area (Å²) in [7, 11) is 1.55. The molecular formula is C21H21ClN2O3. The minimum Gasteiger partial charge on any atom is -0.495 e. The van der Waals surface area contributed by atoms with E-state index in [2.05, 4.69) is 12.1 Å². The van der Waals surface area contributed by atoms with Crippen molar-refractivity contribution in [2.24, 2.45) is 5.92 Å². The highest BCUT2D eigenvalue weighted by atomic mass is 35.5. The fourth-order valence-corrected chi connectivity index (χ4v) is 4.14. The van der Waals surface area contributed by atoms with Crippen LogP contribution in [0.3, 0.4) is 0 Å². The van der Waals surface area contributed by atoms with E-state index in [9.17, 15) is 9.59 Å². The van der Waals surface area contributed by atoms with Crippen molar-refractivity contribution in [2.45, 2.75) is 19.4 Å². The van der Waals surface area contributed by atoms with Crippen molar-refractivity contribution in [1.82, 2.24) is 4.90 Å². The van der Waals surface area contributed by atoms with Gasteiger partial charge < -0.3 is 14.5 Å². The number of benzene rings is 2. The highest BCUT2D eigenvalue weighted by Crippen LogP contribution is 2.33. The quantitative estimate of drug-likeness (QED) is 0.816. The Balaban J connectivity index is 1.48. The van der Waals surface area contributed by atoms with Gasteiger partial charge >= 0.3 is 0 Å². The highest BCUT2D eigenvalue weighted by Gasteiger charge is 2.38. The van der Waals surface area contributed by atoms with Crippen LogP contribution in [-0.2, 0) is 22.6 Å². The molecule has 0 N–H and O–H groups in total. The van der Waals surface area contributed by atoms with Gasteiger partial charge in [0.25, 0.3) is 0 Å². The largest absolute Gasteiger partial charge is 0.495 e. The van der Waals surface area contributed by atoms with Crippen LogP contribution < -0.4 is 9.64 Å². The number of fused-ring (bicyclic) bond motifs is 1. The molecule has 0 bridgehead atoms. The SMILES string of the molecule is COc1ccc(N2CC(C(=O)N3CCc4ccccc4C3)CC2=O)cc1Cl. The first-order valence-electron chi connectivity index (χ1n) is 9.06. The third kappa shape index (κ3) is 3.39. The molecule has 0 aliphatic carbocycles. The van der Waals surface area contributed by atoms with E-state index in [0.717, 1.165) is 6.42 Å². The number of carbonyl (C=O) groups excluding carboxylic acids is 2. The molecule has 140 valence electrons. The summed E-state index contributed by atoms with van der Waals surface area (Å²) in [4.78, 5) is 29.0. The molecule has 2 aliphatic rings. The Morgan fingerprint density at radius 3 is 2.70 bits per heavy atom. The van der Waals surface area contributed by atoms with Gasteiger partial charge in [-0.1, -0.05) is 35.9 Å². The molecular weight excluding hydrogens is 364 g/mol. The molecule has 5 nitrogen and oxygen atoms in total. The number of halogens is 1. The first kappa shape index (κ1) is 17.9. The summed E-state index contributed by atoms with van der Waals surface area (Å²) in [6.45, 7) is 1.71. The van der Waals surface area contributed by atoms with Crippen LogP contribution >= 0.6 is 11.6 Å². The summed E-state index contributed by atoms with van der Waals surface area (Å²) in [5.74, 6) is 0.252. The number of amides is 2. The number of methoxy groups -OCH3 is 1. The Labute approximate surface area is 163 Å². The van der Waals surface area contributed by atoms with Gasteiger partial charge in [0, 0.05) is 31.7 Å². The Bertz CT molecular complexity index is 899. The number of ether oxygens (including phenoxy) is 1. The molecule has 4 rings (SSSR count). The normalized spacial score (nSPS) is 19.2. The van der Waals surface area contributed by atoms with Crippen molar-refractivity contribution in [3.8, 4) is 5.75 Å². The predicted octanol–water partition coefficient (Wildman–Crippen LogP) is 3.29. The molecule has 2 heterocycles. The Morgan fingerprint density at radius 1 is 1.19 bits per heavy atom. The molecule has 1 atom stereocenters. The predicted molar refractivity (Wildman–Crippen MR) is 104 cm³/mol. The zero-order chi connectivity index (χ0) is 19.0. The maximum atomic E-state index is 13.0. The Kier molecular flexibility index (Phi) is 4.79. The zero-order valence-corrected chi connectivity index (χ0v) is 15.9. The van der Waals surface area contributed by atoms with E-state index < -0.39 is 0 Å². The van der Waals surface area contributed by atoms with Gasteiger partial charge in [-0.05, 0) is 35.7 Å². The third-order valence-electron chi connectivity index (χ3n) is 5.36. The van der Waals surface area contributed by atoms with Crippen LogP contribution in [0, 0.1) is 5.92 Å². The Morgan fingerprint density at radius 2 is 1.96 bits per heavy atom. The first-order valence-corrected chi connectivity index (χ1v) is 9.44. The number of carbonyl (C=O) groups is 2. The number of anilines is 1. The molecule has 27 heavy (non-hydrogen) atoms. The molecule has 0 saturated carbocycles. The molecule has 0 aromatic heterocycles. The van der Waals surface area contributed by atoms with Gasteiger partial charge in [0.15, 0.2) is 0 Å². The van der Waals surface area contributed by atoms with E-state index in [-0.39, 0.29) is 24.2 Å². The van der Waals surface area contributed by atoms with Crippen LogP contribution in [0.5, 0.6) is 5.75 Å². The van der Waals surface area contributed by atoms with Gasteiger partial charge in [-0.2, -0.15) is 0 Å². The lowest BCUT2D eigenvalue weighted by atomic mass is 9.98. The number of rotatable bonds is 3. The van der Waals surface area contributed by atoms with E-state index in [4.69, 9.17) is 16.3 Å². The fraction of sp³-hybridized carbons (Fsp3) is 0.333. The summed E-state index contributed by atoms with van der Waals surface area (Å²) in [6.07, 6.45) is 1.10. The van der Waals surface area contributed by atoms with Crippen LogP contribution in [0.15, 0.2) is 42.5 Å². The van der Waals surface area contributed by atoms with Crippen LogP contribution in [0.1, 0.15) is 17.5 Å². The monoisotopic (exact) mass is 384 g/mol. The van der Waals surface area contributed by atoms with Crippen molar-refractivity contribution in [3.05, 3.63) is 58.6 Å². The van der Waals surface area contributed by atoms with Gasteiger partial charge in [0.1, 0.15) is 5.75 Å². The summed E-state index contributed by atoms with van der Waals surface area (Å²) < 4.78 is 5.16. The molecule has 0 radical (unpaired) electrons. The molecule has 6 heteroatoms. The van der Waals surface area contributed by atoms with Gasteiger partial charge in [-0.25, -0.2) is 0 Å². The molecule has 0 spiro atoms. The summed E-state index contributed by atoms with van der Waals surface area (Å²) >= 11 is 6.19.